The summed E-state index contributed by atoms with van der Waals surface area (Å²) in [5, 5.41) is 13.1. The Morgan fingerprint density at radius 3 is 3.32 bits per heavy atom. The number of aliphatic hydroxyl groups is 1. The van der Waals surface area contributed by atoms with Gasteiger partial charge in [-0.15, -0.1) is 0 Å². The number of aromatic amines is 1. The van der Waals surface area contributed by atoms with E-state index in [-0.39, 0.29) is 18.6 Å². The molecule has 0 aromatic carbocycles. The summed E-state index contributed by atoms with van der Waals surface area (Å²) in [6.45, 7) is 1.26. The lowest BCUT2D eigenvalue weighted by Gasteiger charge is -2.32. The first kappa shape index (κ1) is 14.5. The van der Waals surface area contributed by atoms with Crippen LogP contribution in [0, 0.1) is 0 Å². The molecule has 7 heteroatoms. The molecule has 0 unspecified atom stereocenters. The minimum absolute atomic E-state index is 0.0602. The minimum Gasteiger partial charge on any atom is -0.392 e. The summed E-state index contributed by atoms with van der Waals surface area (Å²) in [6.07, 6.45) is 8.18. The smallest absolute Gasteiger partial charge is 0.246 e. The molecule has 1 aliphatic rings. The summed E-state index contributed by atoms with van der Waals surface area (Å²) in [7, 11) is 0. The summed E-state index contributed by atoms with van der Waals surface area (Å²) in [6, 6.07) is 2.10. The maximum atomic E-state index is 12.0. The number of carbonyl (C=O) groups is 1. The number of fused-ring (bicyclic) bond motifs is 1. The Balaban J connectivity index is 1.69. The number of aliphatic hydroxyl groups excluding tert-OH is 1. The number of aromatic nitrogens is 3. The van der Waals surface area contributed by atoms with E-state index in [0.29, 0.717) is 6.54 Å². The molecule has 3 rings (SSSR count). The third-order valence-corrected chi connectivity index (χ3v) is 3.79. The zero-order valence-electron chi connectivity index (χ0n) is 12.2. The SMILES string of the molecule is O=C(/C=C\CO)N1CCC[C@@H](Nc2ncnc3[nH]ccc23)C1. The van der Waals surface area contributed by atoms with E-state index in [1.807, 2.05) is 12.3 Å². The Morgan fingerprint density at radius 2 is 2.45 bits per heavy atom. The minimum atomic E-state index is -0.117. The van der Waals surface area contributed by atoms with Crippen molar-refractivity contribution in [2.75, 3.05) is 25.0 Å². The lowest BCUT2D eigenvalue weighted by molar-refractivity contribution is -0.127. The molecule has 0 aliphatic carbocycles. The van der Waals surface area contributed by atoms with Crippen LogP contribution in [0.15, 0.2) is 30.7 Å². The monoisotopic (exact) mass is 301 g/mol. The molecule has 1 saturated heterocycles. The van der Waals surface area contributed by atoms with Gasteiger partial charge >= 0.3 is 0 Å². The standard InChI is InChI=1S/C15H19N5O2/c21-8-2-4-13(22)20-7-1-3-11(9-20)19-15-12-5-6-16-14(12)17-10-18-15/h2,4-6,10-11,21H,1,3,7-9H2,(H2,16,17,18,19)/b4-2-/t11-/m1/s1. The number of nitrogens with one attached hydrogen (secondary N) is 2. The van der Waals surface area contributed by atoms with Gasteiger partial charge in [-0.2, -0.15) is 0 Å². The van der Waals surface area contributed by atoms with Crippen LogP contribution in [-0.4, -0.2) is 56.6 Å². The molecule has 7 nitrogen and oxygen atoms in total. The third kappa shape index (κ3) is 3.09. The Kier molecular flexibility index (Phi) is 4.34. The van der Waals surface area contributed by atoms with Crippen LogP contribution in [-0.2, 0) is 4.79 Å². The van der Waals surface area contributed by atoms with Crippen LogP contribution >= 0.6 is 0 Å². The number of amides is 1. The fourth-order valence-electron chi connectivity index (χ4n) is 2.73. The number of piperidine rings is 1. The highest BCUT2D eigenvalue weighted by Crippen LogP contribution is 2.21. The summed E-state index contributed by atoms with van der Waals surface area (Å²) in [4.78, 5) is 25.3. The van der Waals surface area contributed by atoms with Crippen molar-refractivity contribution < 1.29 is 9.90 Å². The molecule has 3 N–H and O–H groups in total. The molecular formula is C15H19N5O2. The predicted molar refractivity (Wildman–Crippen MR) is 83.3 cm³/mol. The second-order valence-electron chi connectivity index (χ2n) is 5.31. The molecule has 1 atom stereocenters. The van der Waals surface area contributed by atoms with E-state index >= 15 is 0 Å². The van der Waals surface area contributed by atoms with Gasteiger partial charge in [0.05, 0.1) is 12.0 Å². The molecule has 2 aromatic heterocycles. The molecule has 3 heterocycles. The van der Waals surface area contributed by atoms with E-state index in [9.17, 15) is 4.79 Å². The molecule has 0 radical (unpaired) electrons. The average molecular weight is 301 g/mol. The van der Waals surface area contributed by atoms with Crippen LogP contribution < -0.4 is 5.32 Å². The Hall–Kier alpha value is -2.41. The van der Waals surface area contributed by atoms with Crippen LogP contribution in [0.5, 0.6) is 0 Å². The second kappa shape index (κ2) is 6.57. The number of hydrogen-bond acceptors (Lipinski definition) is 5. The molecule has 116 valence electrons. The predicted octanol–water partition coefficient (Wildman–Crippen LogP) is 0.909. The quantitative estimate of drug-likeness (QED) is 0.730. The highest BCUT2D eigenvalue weighted by molar-refractivity contribution is 5.88. The van der Waals surface area contributed by atoms with E-state index in [0.717, 1.165) is 36.2 Å². The van der Waals surface area contributed by atoms with Gasteiger partial charge in [-0.05, 0) is 18.9 Å². The first-order valence-electron chi connectivity index (χ1n) is 7.39. The Bertz CT molecular complexity index is 681. The fraction of sp³-hybridized carbons (Fsp3) is 0.400. The van der Waals surface area contributed by atoms with E-state index in [1.54, 1.807) is 4.90 Å². The van der Waals surface area contributed by atoms with Gasteiger partial charge in [-0.25, -0.2) is 9.97 Å². The van der Waals surface area contributed by atoms with Crippen LogP contribution in [0.4, 0.5) is 5.82 Å². The number of hydrogen-bond donors (Lipinski definition) is 3. The van der Waals surface area contributed by atoms with Crippen LogP contribution in [0.3, 0.4) is 0 Å². The summed E-state index contributed by atoms with van der Waals surface area (Å²) in [5.41, 5.74) is 0.798. The van der Waals surface area contributed by atoms with Crippen molar-refractivity contribution in [3.8, 4) is 0 Å². The summed E-state index contributed by atoms with van der Waals surface area (Å²) in [5.74, 6) is 0.728. The van der Waals surface area contributed by atoms with Crippen molar-refractivity contribution in [1.29, 1.82) is 0 Å². The van der Waals surface area contributed by atoms with Crippen molar-refractivity contribution in [2.45, 2.75) is 18.9 Å². The van der Waals surface area contributed by atoms with Crippen molar-refractivity contribution in [2.24, 2.45) is 0 Å². The Labute approximate surface area is 128 Å². The molecule has 1 aliphatic heterocycles. The van der Waals surface area contributed by atoms with Gasteiger partial charge in [-0.1, -0.05) is 6.08 Å². The molecule has 0 bridgehead atoms. The molecule has 0 spiro atoms. The first-order chi connectivity index (χ1) is 10.8. The van der Waals surface area contributed by atoms with Gasteiger partial charge in [0.15, 0.2) is 0 Å². The molecule has 2 aromatic rings. The van der Waals surface area contributed by atoms with Crippen molar-refractivity contribution >= 4 is 22.8 Å². The lowest BCUT2D eigenvalue weighted by atomic mass is 10.1. The average Bonchev–Trinajstić information content (AvgIpc) is 3.02. The second-order valence-corrected chi connectivity index (χ2v) is 5.31. The molecular weight excluding hydrogens is 282 g/mol. The number of rotatable bonds is 4. The van der Waals surface area contributed by atoms with Crippen LogP contribution in [0.25, 0.3) is 11.0 Å². The Morgan fingerprint density at radius 1 is 1.55 bits per heavy atom. The summed E-state index contributed by atoms with van der Waals surface area (Å²) >= 11 is 0. The lowest BCUT2D eigenvalue weighted by Crippen LogP contribution is -2.44. The normalized spacial score (nSPS) is 19.0. The number of anilines is 1. The zero-order valence-corrected chi connectivity index (χ0v) is 12.2. The van der Waals surface area contributed by atoms with Gasteiger partial charge in [-0.3, -0.25) is 4.79 Å². The van der Waals surface area contributed by atoms with E-state index in [1.165, 1.54) is 18.5 Å². The summed E-state index contributed by atoms with van der Waals surface area (Å²) < 4.78 is 0. The maximum absolute atomic E-state index is 12.0. The van der Waals surface area contributed by atoms with Crippen molar-refractivity contribution in [1.82, 2.24) is 19.9 Å². The van der Waals surface area contributed by atoms with Gasteiger partial charge in [0.1, 0.15) is 17.8 Å². The van der Waals surface area contributed by atoms with Crippen LogP contribution in [0.1, 0.15) is 12.8 Å². The van der Waals surface area contributed by atoms with Gasteiger partial charge in [0.25, 0.3) is 0 Å². The van der Waals surface area contributed by atoms with Crippen LogP contribution in [0.2, 0.25) is 0 Å². The largest absolute Gasteiger partial charge is 0.392 e. The molecule has 22 heavy (non-hydrogen) atoms. The first-order valence-corrected chi connectivity index (χ1v) is 7.39. The molecule has 0 saturated carbocycles. The van der Waals surface area contributed by atoms with Crippen molar-refractivity contribution in [3.05, 3.63) is 30.7 Å². The number of carbonyl (C=O) groups excluding carboxylic acids is 1. The highest BCUT2D eigenvalue weighted by Gasteiger charge is 2.23. The number of H-pyrrole nitrogens is 1. The zero-order chi connectivity index (χ0) is 15.4. The van der Waals surface area contributed by atoms with Crippen molar-refractivity contribution in [3.63, 3.8) is 0 Å². The topological polar surface area (TPSA) is 94.1 Å². The van der Waals surface area contributed by atoms with E-state index in [2.05, 4.69) is 20.3 Å². The maximum Gasteiger partial charge on any atom is 0.246 e. The third-order valence-electron chi connectivity index (χ3n) is 3.79. The number of nitrogens with zero attached hydrogens (tertiary/aromatic N) is 3. The number of likely N-dealkylation sites (tertiary alicyclic amines) is 1. The molecule has 1 amide bonds. The van der Waals surface area contributed by atoms with Gasteiger partial charge < -0.3 is 20.3 Å². The van der Waals surface area contributed by atoms with E-state index < -0.39 is 0 Å². The van der Waals surface area contributed by atoms with Gasteiger partial charge in [0.2, 0.25) is 5.91 Å². The fourth-order valence-corrected chi connectivity index (χ4v) is 2.73. The van der Waals surface area contributed by atoms with Gasteiger partial charge in [0, 0.05) is 31.4 Å². The molecule has 1 fully saturated rings. The van der Waals surface area contributed by atoms with E-state index in [4.69, 9.17) is 5.11 Å². The highest BCUT2D eigenvalue weighted by atomic mass is 16.2.